The average Bonchev–Trinajstić information content (AvgIpc) is 3.56. The molecule has 0 spiro atoms. The fourth-order valence-corrected chi connectivity index (χ4v) is 7.64. The van der Waals surface area contributed by atoms with E-state index in [1.54, 1.807) is 17.0 Å². The molecule has 3 atom stereocenters. The van der Waals surface area contributed by atoms with Crippen molar-refractivity contribution in [2.45, 2.75) is 70.2 Å². The fraction of sp³-hybridized carbons (Fsp3) is 0.531. The zero-order valence-electron chi connectivity index (χ0n) is 24.7. The van der Waals surface area contributed by atoms with Crippen LogP contribution in [-0.2, 0) is 13.0 Å². The molecule has 3 aromatic rings. The monoisotopic (exact) mass is 592 g/mol. The van der Waals surface area contributed by atoms with E-state index in [0.717, 1.165) is 38.9 Å². The summed E-state index contributed by atoms with van der Waals surface area (Å²) in [7, 11) is 0. The fourth-order valence-electron chi connectivity index (χ4n) is 7.64. The van der Waals surface area contributed by atoms with Crippen LogP contribution in [0.1, 0.15) is 61.1 Å². The van der Waals surface area contributed by atoms with Gasteiger partial charge in [-0.3, -0.25) is 9.69 Å². The zero-order chi connectivity index (χ0) is 29.9. The number of anilines is 2. The molecule has 1 amide bonds. The van der Waals surface area contributed by atoms with Gasteiger partial charge in [-0.1, -0.05) is 13.0 Å². The number of halogens is 2. The Labute approximate surface area is 249 Å². The smallest absolute Gasteiger partial charge is 0.318 e. The molecule has 43 heavy (non-hydrogen) atoms. The highest BCUT2D eigenvalue weighted by Gasteiger charge is 2.49. The second-order valence-electron chi connectivity index (χ2n) is 12.4. The first kappa shape index (κ1) is 28.2. The SMILES string of the molecule is CCc1c(F)ccc2cc(O)cc(N3Cc4nc(OCC56CCCN5CC(F)C6)nc(N5CCNCCC5C)c4C3=O)c12. The Morgan fingerprint density at radius 1 is 1.21 bits per heavy atom. The molecule has 0 radical (unpaired) electrons. The lowest BCUT2D eigenvalue weighted by molar-refractivity contribution is 0.0996. The third-order valence-electron chi connectivity index (χ3n) is 9.79. The molecule has 0 bridgehead atoms. The Balaban J connectivity index is 1.31. The number of hydrogen-bond donors (Lipinski definition) is 2. The lowest BCUT2D eigenvalue weighted by atomic mass is 9.95. The summed E-state index contributed by atoms with van der Waals surface area (Å²) in [6.07, 6.45) is 2.74. The van der Waals surface area contributed by atoms with Gasteiger partial charge in [-0.05, 0) is 68.8 Å². The number of aryl methyl sites for hydroxylation is 1. The number of ether oxygens (including phenoxy) is 1. The number of nitrogens with one attached hydrogen (secondary N) is 1. The first-order chi connectivity index (χ1) is 20.8. The molecule has 0 aliphatic carbocycles. The van der Waals surface area contributed by atoms with Crippen LogP contribution in [0.25, 0.3) is 10.8 Å². The van der Waals surface area contributed by atoms with E-state index in [1.165, 1.54) is 12.1 Å². The van der Waals surface area contributed by atoms with Gasteiger partial charge in [0.1, 0.15) is 35.7 Å². The van der Waals surface area contributed by atoms with Crippen LogP contribution in [-0.4, -0.2) is 83.0 Å². The van der Waals surface area contributed by atoms with Crippen LogP contribution in [0.15, 0.2) is 24.3 Å². The Morgan fingerprint density at radius 3 is 2.91 bits per heavy atom. The number of alkyl halides is 1. The van der Waals surface area contributed by atoms with Crippen molar-refractivity contribution >= 4 is 28.2 Å². The number of hydrogen-bond acceptors (Lipinski definition) is 8. The van der Waals surface area contributed by atoms with Gasteiger partial charge < -0.3 is 25.0 Å². The molecular weight excluding hydrogens is 554 g/mol. The van der Waals surface area contributed by atoms with Crippen molar-refractivity contribution in [3.63, 3.8) is 0 Å². The van der Waals surface area contributed by atoms with Gasteiger partial charge in [0.25, 0.3) is 5.91 Å². The van der Waals surface area contributed by atoms with Gasteiger partial charge in [0, 0.05) is 43.5 Å². The minimum Gasteiger partial charge on any atom is -0.508 e. The van der Waals surface area contributed by atoms with Crippen molar-refractivity contribution in [1.29, 1.82) is 0 Å². The molecule has 4 aliphatic heterocycles. The number of carbonyl (C=O) groups is 1. The molecule has 3 unspecified atom stereocenters. The number of carbonyl (C=O) groups excluding carboxylic acids is 1. The maximum atomic E-state index is 15.0. The minimum absolute atomic E-state index is 0.00873. The van der Waals surface area contributed by atoms with Crippen molar-refractivity contribution in [3.8, 4) is 11.8 Å². The van der Waals surface area contributed by atoms with E-state index < -0.39 is 6.17 Å². The van der Waals surface area contributed by atoms with Crippen LogP contribution in [0.3, 0.4) is 0 Å². The van der Waals surface area contributed by atoms with E-state index in [0.29, 0.717) is 65.0 Å². The van der Waals surface area contributed by atoms with E-state index in [-0.39, 0.29) is 48.2 Å². The van der Waals surface area contributed by atoms with Gasteiger partial charge in [-0.25, -0.2) is 8.78 Å². The summed E-state index contributed by atoms with van der Waals surface area (Å²) in [5, 5.41) is 15.3. The summed E-state index contributed by atoms with van der Waals surface area (Å²) in [6.45, 7) is 7.95. The lowest BCUT2D eigenvalue weighted by Crippen LogP contribution is -2.43. The molecule has 9 nitrogen and oxygen atoms in total. The molecule has 7 rings (SSSR count). The van der Waals surface area contributed by atoms with Gasteiger partial charge >= 0.3 is 6.01 Å². The van der Waals surface area contributed by atoms with E-state index >= 15 is 0 Å². The quantitative estimate of drug-likeness (QED) is 0.437. The molecule has 228 valence electrons. The van der Waals surface area contributed by atoms with Gasteiger partial charge in [-0.2, -0.15) is 9.97 Å². The largest absolute Gasteiger partial charge is 0.508 e. The summed E-state index contributed by atoms with van der Waals surface area (Å²) >= 11 is 0. The Hall–Kier alpha value is -3.57. The van der Waals surface area contributed by atoms with E-state index in [2.05, 4.69) is 22.0 Å². The minimum atomic E-state index is -0.869. The number of amides is 1. The highest BCUT2D eigenvalue weighted by molar-refractivity contribution is 6.16. The third kappa shape index (κ3) is 4.77. The summed E-state index contributed by atoms with van der Waals surface area (Å²) in [4.78, 5) is 29.8. The van der Waals surface area contributed by atoms with E-state index in [9.17, 15) is 18.7 Å². The second-order valence-corrected chi connectivity index (χ2v) is 12.4. The summed E-state index contributed by atoms with van der Waals surface area (Å²) in [5.41, 5.74) is 1.49. The molecule has 5 heterocycles. The Bertz CT molecular complexity index is 1590. The first-order valence-electron chi connectivity index (χ1n) is 15.4. The van der Waals surface area contributed by atoms with Crippen molar-refractivity contribution in [2.24, 2.45) is 0 Å². The van der Waals surface area contributed by atoms with Crippen molar-refractivity contribution in [2.75, 3.05) is 49.1 Å². The molecule has 2 N–H and O–H groups in total. The number of fused-ring (bicyclic) bond motifs is 3. The summed E-state index contributed by atoms with van der Waals surface area (Å²) in [6, 6.07) is 6.42. The Kier molecular flexibility index (Phi) is 7.12. The summed E-state index contributed by atoms with van der Waals surface area (Å²) in [5.74, 6) is -0.136. The van der Waals surface area contributed by atoms with Gasteiger partial charge in [0.2, 0.25) is 0 Å². The predicted octanol–water partition coefficient (Wildman–Crippen LogP) is 4.34. The molecule has 2 aromatic carbocycles. The first-order valence-corrected chi connectivity index (χ1v) is 15.4. The van der Waals surface area contributed by atoms with Crippen LogP contribution in [0, 0.1) is 5.82 Å². The topological polar surface area (TPSA) is 94.1 Å². The normalized spacial score (nSPS) is 25.8. The summed E-state index contributed by atoms with van der Waals surface area (Å²) < 4.78 is 35.7. The van der Waals surface area contributed by atoms with Crippen molar-refractivity contribution in [3.05, 3.63) is 46.9 Å². The number of benzene rings is 2. The van der Waals surface area contributed by atoms with Crippen LogP contribution >= 0.6 is 0 Å². The number of aromatic hydroxyl groups is 1. The van der Waals surface area contributed by atoms with Crippen molar-refractivity contribution in [1.82, 2.24) is 20.2 Å². The van der Waals surface area contributed by atoms with Crippen LogP contribution in [0.4, 0.5) is 20.3 Å². The standard InChI is InChI=1S/C32H38F2N6O3/c1-3-23-24(34)6-5-20-13-22(41)14-26(27(20)23)40-17-25-28(30(40)42)29(39-12-10-35-9-7-19(39)2)37-31(36-25)43-18-32-8-4-11-38(32)16-21(33)15-32/h5-6,13-14,19,21,35,41H,3-4,7-12,15-18H2,1-2H3. The zero-order valence-corrected chi connectivity index (χ0v) is 24.7. The number of phenolic OH excluding ortho intramolecular Hbond substituents is 1. The molecule has 3 fully saturated rings. The Morgan fingerprint density at radius 2 is 2.07 bits per heavy atom. The van der Waals surface area contributed by atoms with Gasteiger partial charge in [0.15, 0.2) is 0 Å². The molecular formula is C32H38F2N6O3. The number of rotatable bonds is 6. The van der Waals surface area contributed by atoms with Crippen LogP contribution in [0.2, 0.25) is 0 Å². The van der Waals surface area contributed by atoms with E-state index in [4.69, 9.17) is 14.7 Å². The molecule has 3 saturated heterocycles. The highest BCUT2D eigenvalue weighted by atomic mass is 19.1. The van der Waals surface area contributed by atoms with Crippen molar-refractivity contribution < 1.29 is 23.4 Å². The predicted molar refractivity (Wildman–Crippen MR) is 160 cm³/mol. The number of aromatic nitrogens is 2. The average molecular weight is 593 g/mol. The van der Waals surface area contributed by atoms with E-state index in [1.807, 2.05) is 6.92 Å². The maximum absolute atomic E-state index is 15.0. The molecule has 11 heteroatoms. The molecule has 0 saturated carbocycles. The van der Waals surface area contributed by atoms with Gasteiger partial charge in [0.05, 0.1) is 23.5 Å². The molecule has 1 aromatic heterocycles. The number of nitrogens with zero attached hydrogens (tertiary/aromatic N) is 5. The maximum Gasteiger partial charge on any atom is 0.318 e. The lowest BCUT2D eigenvalue weighted by Gasteiger charge is -2.31. The number of phenols is 1. The molecule has 4 aliphatic rings. The van der Waals surface area contributed by atoms with Crippen LogP contribution in [0.5, 0.6) is 11.8 Å². The van der Waals surface area contributed by atoms with Gasteiger partial charge in [-0.15, -0.1) is 0 Å². The van der Waals surface area contributed by atoms with Crippen LogP contribution < -0.4 is 19.9 Å². The second kappa shape index (κ2) is 10.9. The highest BCUT2D eigenvalue weighted by Crippen LogP contribution is 2.43. The third-order valence-corrected chi connectivity index (χ3v) is 9.79.